The lowest BCUT2D eigenvalue weighted by molar-refractivity contribution is -0.126. The molecule has 4 rings (SSSR count). The smallest absolute Gasteiger partial charge is 0.244 e. The van der Waals surface area contributed by atoms with Crippen LogP contribution in [0.5, 0.6) is 0 Å². The number of rotatable bonds is 5. The van der Waals surface area contributed by atoms with E-state index in [2.05, 4.69) is 17.6 Å². The van der Waals surface area contributed by atoms with Crippen molar-refractivity contribution in [2.75, 3.05) is 26.2 Å². The van der Waals surface area contributed by atoms with Crippen molar-refractivity contribution in [3.8, 4) is 0 Å². The summed E-state index contributed by atoms with van der Waals surface area (Å²) in [4.78, 5) is 12.6. The Morgan fingerprint density at radius 3 is 2.83 bits per heavy atom. The van der Waals surface area contributed by atoms with Gasteiger partial charge in [-0.15, -0.1) is 0 Å². The van der Waals surface area contributed by atoms with E-state index in [-0.39, 0.29) is 26.8 Å². The van der Waals surface area contributed by atoms with E-state index in [4.69, 9.17) is 23.2 Å². The molecule has 0 aromatic heterocycles. The number of benzene rings is 1. The minimum absolute atomic E-state index is 0.0153. The summed E-state index contributed by atoms with van der Waals surface area (Å²) in [5.74, 6) is 1.08. The molecule has 0 bridgehead atoms. The molecule has 158 valence electrons. The molecule has 3 atom stereocenters. The van der Waals surface area contributed by atoms with E-state index in [9.17, 15) is 13.2 Å². The van der Waals surface area contributed by atoms with Gasteiger partial charge in [0.15, 0.2) is 0 Å². The molecule has 2 heterocycles. The topological polar surface area (TPSA) is 69.7 Å². The average Bonchev–Trinajstić information content (AvgIpc) is 3.25. The van der Waals surface area contributed by atoms with Crippen molar-refractivity contribution in [3.63, 3.8) is 0 Å². The Kier molecular flexibility index (Phi) is 6.23. The number of nitrogens with zero attached hydrogens (tertiary/aromatic N) is 2. The van der Waals surface area contributed by atoms with Gasteiger partial charge in [-0.2, -0.15) is 4.31 Å². The lowest BCUT2D eigenvalue weighted by Crippen LogP contribution is -2.44. The van der Waals surface area contributed by atoms with Crippen LogP contribution in [-0.2, 0) is 14.8 Å². The second-order valence-corrected chi connectivity index (χ2v) is 10.8. The maximum Gasteiger partial charge on any atom is 0.244 e. The van der Waals surface area contributed by atoms with E-state index in [1.807, 2.05) is 5.01 Å². The number of piperidine rings is 1. The van der Waals surface area contributed by atoms with Crippen molar-refractivity contribution in [2.45, 2.75) is 30.6 Å². The summed E-state index contributed by atoms with van der Waals surface area (Å²) in [6.45, 7) is 2.46. The number of sulfonamides is 1. The normalized spacial score (nSPS) is 27.9. The fraction of sp³-hybridized carbons (Fsp3) is 0.550. The first-order valence-corrected chi connectivity index (χ1v) is 12.2. The molecule has 0 saturated carbocycles. The van der Waals surface area contributed by atoms with Gasteiger partial charge in [0.05, 0.1) is 10.0 Å². The first-order valence-electron chi connectivity index (χ1n) is 10.00. The molecule has 29 heavy (non-hydrogen) atoms. The van der Waals surface area contributed by atoms with Crippen LogP contribution in [0.15, 0.2) is 35.2 Å². The summed E-state index contributed by atoms with van der Waals surface area (Å²) in [6.07, 6.45) is 7.40. The minimum atomic E-state index is -3.75. The fourth-order valence-corrected chi connectivity index (χ4v) is 6.89. The van der Waals surface area contributed by atoms with Crippen LogP contribution in [0.3, 0.4) is 0 Å². The molecule has 2 fully saturated rings. The summed E-state index contributed by atoms with van der Waals surface area (Å²) in [5.41, 5.74) is 3.01. The van der Waals surface area contributed by atoms with Gasteiger partial charge in [-0.3, -0.25) is 10.2 Å². The zero-order valence-corrected chi connectivity index (χ0v) is 18.4. The summed E-state index contributed by atoms with van der Waals surface area (Å²) in [5, 5.41) is 2.26. The maximum atomic E-state index is 13.0. The first kappa shape index (κ1) is 21.1. The molecule has 2 saturated heterocycles. The van der Waals surface area contributed by atoms with Crippen LogP contribution >= 0.6 is 23.2 Å². The Bertz CT molecular complexity index is 922. The van der Waals surface area contributed by atoms with Gasteiger partial charge >= 0.3 is 0 Å². The maximum absolute atomic E-state index is 13.0. The summed E-state index contributed by atoms with van der Waals surface area (Å²) in [7, 11) is -3.75. The highest BCUT2D eigenvalue weighted by Crippen LogP contribution is 2.34. The predicted octanol–water partition coefficient (Wildman–Crippen LogP) is 3.32. The van der Waals surface area contributed by atoms with Gasteiger partial charge in [0, 0.05) is 32.6 Å². The van der Waals surface area contributed by atoms with E-state index < -0.39 is 10.0 Å². The molecule has 9 heteroatoms. The quantitative estimate of drug-likeness (QED) is 0.688. The molecular formula is C20H25Cl2N3O3S. The molecule has 6 nitrogen and oxygen atoms in total. The Labute approximate surface area is 181 Å². The zero-order chi connectivity index (χ0) is 20.6. The Hall–Kier alpha value is -1.12. The monoisotopic (exact) mass is 457 g/mol. The first-order chi connectivity index (χ1) is 13.8. The van der Waals surface area contributed by atoms with Crippen molar-refractivity contribution in [1.82, 2.24) is 14.7 Å². The largest absolute Gasteiger partial charge is 0.289 e. The highest BCUT2D eigenvalue weighted by molar-refractivity contribution is 7.89. The van der Waals surface area contributed by atoms with Gasteiger partial charge < -0.3 is 0 Å². The summed E-state index contributed by atoms with van der Waals surface area (Å²) >= 11 is 12.1. The molecule has 0 radical (unpaired) electrons. The third kappa shape index (κ3) is 4.49. The lowest BCUT2D eigenvalue weighted by Gasteiger charge is -2.32. The number of hydrazine groups is 1. The number of amides is 1. The van der Waals surface area contributed by atoms with E-state index in [1.165, 1.54) is 10.4 Å². The third-order valence-electron chi connectivity index (χ3n) is 6.09. The van der Waals surface area contributed by atoms with Gasteiger partial charge in [0.25, 0.3) is 0 Å². The zero-order valence-electron chi connectivity index (χ0n) is 16.1. The van der Waals surface area contributed by atoms with Crippen LogP contribution in [0.4, 0.5) is 0 Å². The number of hydrogen-bond donors (Lipinski definition) is 1. The molecular weight excluding hydrogens is 433 g/mol. The van der Waals surface area contributed by atoms with Crippen LogP contribution in [0.1, 0.15) is 25.7 Å². The minimum Gasteiger partial charge on any atom is -0.289 e. The second-order valence-electron chi connectivity index (χ2n) is 8.16. The molecule has 1 aromatic rings. The summed E-state index contributed by atoms with van der Waals surface area (Å²) < 4.78 is 27.5. The number of allylic oxidation sites excluding steroid dienone is 1. The van der Waals surface area contributed by atoms with Gasteiger partial charge in [-0.05, 0) is 49.1 Å². The van der Waals surface area contributed by atoms with E-state index in [0.29, 0.717) is 37.8 Å². The Morgan fingerprint density at radius 2 is 2.03 bits per heavy atom. The molecule has 1 N–H and O–H groups in total. The highest BCUT2D eigenvalue weighted by atomic mass is 35.5. The molecule has 3 aliphatic rings. The van der Waals surface area contributed by atoms with Crippen LogP contribution in [-0.4, -0.2) is 49.8 Å². The van der Waals surface area contributed by atoms with Crippen molar-refractivity contribution < 1.29 is 13.2 Å². The molecule has 1 amide bonds. The van der Waals surface area contributed by atoms with Crippen LogP contribution in [0.2, 0.25) is 10.0 Å². The SMILES string of the molecule is O=C(CC1CCCN(S(=O)(=O)c2cccc(Cl)c2Cl)C1)NN1CC2C=CCC2C1. The van der Waals surface area contributed by atoms with Crippen molar-refractivity contribution >= 4 is 39.1 Å². The third-order valence-corrected chi connectivity index (χ3v) is 8.92. The van der Waals surface area contributed by atoms with Crippen molar-refractivity contribution in [1.29, 1.82) is 0 Å². The van der Waals surface area contributed by atoms with Crippen LogP contribution in [0.25, 0.3) is 0 Å². The Morgan fingerprint density at radius 1 is 1.21 bits per heavy atom. The number of carbonyl (C=O) groups is 1. The average molecular weight is 458 g/mol. The lowest BCUT2D eigenvalue weighted by atomic mass is 9.96. The number of nitrogens with one attached hydrogen (secondary N) is 1. The van der Waals surface area contributed by atoms with Crippen molar-refractivity contribution in [3.05, 3.63) is 40.4 Å². The van der Waals surface area contributed by atoms with Crippen molar-refractivity contribution in [2.24, 2.45) is 17.8 Å². The number of carbonyl (C=O) groups excluding carboxylic acids is 1. The predicted molar refractivity (Wildman–Crippen MR) is 113 cm³/mol. The fourth-order valence-electron chi connectivity index (χ4n) is 4.60. The molecule has 1 aliphatic carbocycles. The van der Waals surface area contributed by atoms with E-state index in [0.717, 1.165) is 25.9 Å². The van der Waals surface area contributed by atoms with E-state index in [1.54, 1.807) is 12.1 Å². The van der Waals surface area contributed by atoms with Gasteiger partial charge in [0.1, 0.15) is 4.90 Å². The number of halogens is 2. The molecule has 2 aliphatic heterocycles. The van der Waals surface area contributed by atoms with Gasteiger partial charge in [0.2, 0.25) is 15.9 Å². The van der Waals surface area contributed by atoms with E-state index >= 15 is 0 Å². The van der Waals surface area contributed by atoms with Gasteiger partial charge in [-0.1, -0.05) is 41.4 Å². The van der Waals surface area contributed by atoms with Crippen LogP contribution in [0, 0.1) is 17.8 Å². The molecule has 0 spiro atoms. The second kappa shape index (κ2) is 8.55. The van der Waals surface area contributed by atoms with Gasteiger partial charge in [-0.25, -0.2) is 13.4 Å². The number of hydrogen-bond acceptors (Lipinski definition) is 4. The van der Waals surface area contributed by atoms with Crippen LogP contribution < -0.4 is 5.43 Å². The molecule has 1 aromatic carbocycles. The Balaban J connectivity index is 1.36. The number of fused-ring (bicyclic) bond motifs is 1. The standard InChI is InChI=1S/C20H25Cl2N3O3S/c21-17-7-2-8-18(20(17)22)29(27,28)25-9-3-4-14(11-25)10-19(26)23-24-12-15-5-1-6-16(15)13-24/h1-2,5,7-8,14-16H,3-4,6,9-13H2,(H,23,26). The molecule has 3 unspecified atom stereocenters. The highest BCUT2D eigenvalue weighted by Gasteiger charge is 2.35. The summed E-state index contributed by atoms with van der Waals surface area (Å²) in [6, 6.07) is 4.61.